The van der Waals surface area contributed by atoms with Crippen molar-refractivity contribution in [3.8, 4) is 0 Å². The summed E-state index contributed by atoms with van der Waals surface area (Å²) in [6.45, 7) is 9.89. The zero-order chi connectivity index (χ0) is 34.8. The molecule has 0 radical (unpaired) electrons. The van der Waals surface area contributed by atoms with Crippen molar-refractivity contribution in [1.29, 1.82) is 0 Å². The van der Waals surface area contributed by atoms with E-state index in [2.05, 4.69) is 46.9 Å². The van der Waals surface area contributed by atoms with E-state index >= 15 is 0 Å². The molecule has 19 nitrogen and oxygen atoms in total. The third kappa shape index (κ3) is 4.68. The van der Waals surface area contributed by atoms with Crippen molar-refractivity contribution < 1.29 is 28.4 Å². The second kappa shape index (κ2) is 10.6. The van der Waals surface area contributed by atoms with Crippen molar-refractivity contribution in [2.24, 2.45) is 11.0 Å². The fourth-order valence-electron chi connectivity index (χ4n) is 8.77. The largest absolute Gasteiger partial charge is 0.382 e. The summed E-state index contributed by atoms with van der Waals surface area (Å²) in [5.74, 6) is -0.0289. The molecule has 8 heterocycles. The Balaban J connectivity index is 0.000000135. The molecule has 6 aliphatic rings. The fraction of sp³-hybridized carbons (Fsp3) is 0.677. The number of anilines is 2. The van der Waals surface area contributed by atoms with Gasteiger partial charge in [0.15, 0.2) is 47.0 Å². The van der Waals surface area contributed by atoms with E-state index in [0.717, 1.165) is 12.8 Å². The first-order chi connectivity index (χ1) is 23.8. The molecule has 19 heteroatoms. The topological polar surface area (TPSA) is 243 Å². The first-order valence-electron chi connectivity index (χ1n) is 16.8. The Morgan fingerprint density at radius 1 is 0.700 bits per heavy atom. The number of imidazole rings is 2. The number of aromatic nitrogens is 8. The predicted molar refractivity (Wildman–Crippen MR) is 173 cm³/mol. The van der Waals surface area contributed by atoms with Gasteiger partial charge in [-0.05, 0) is 64.8 Å². The molecule has 4 aromatic heterocycles. The van der Waals surface area contributed by atoms with Gasteiger partial charge >= 0.3 is 0 Å². The van der Waals surface area contributed by atoms with E-state index in [1.165, 1.54) is 12.7 Å². The summed E-state index contributed by atoms with van der Waals surface area (Å²) in [5, 5.41) is 3.80. The van der Waals surface area contributed by atoms with Gasteiger partial charge in [-0.15, -0.1) is 0 Å². The summed E-state index contributed by atoms with van der Waals surface area (Å²) in [7, 11) is 0. The Morgan fingerprint density at radius 3 is 1.60 bits per heavy atom. The third-order valence-corrected chi connectivity index (χ3v) is 10.7. The minimum Gasteiger partial charge on any atom is -0.382 e. The molecule has 4 saturated heterocycles. The lowest BCUT2D eigenvalue weighted by molar-refractivity contribution is -0.243. The summed E-state index contributed by atoms with van der Waals surface area (Å²) in [5.41, 5.74) is 22.0. The number of nitrogens with two attached hydrogens (primary N) is 2. The minimum atomic E-state index is -0.724. The summed E-state index contributed by atoms with van der Waals surface area (Å²) in [4.78, 5) is 28.2. The van der Waals surface area contributed by atoms with Gasteiger partial charge in [0.2, 0.25) is 0 Å². The normalized spacial score (nSPS) is 38.7. The van der Waals surface area contributed by atoms with Crippen LogP contribution in [0.25, 0.3) is 32.8 Å². The van der Waals surface area contributed by atoms with Crippen LogP contribution < -0.4 is 11.5 Å². The van der Waals surface area contributed by atoms with Gasteiger partial charge in [0, 0.05) is 11.0 Å². The molecule has 0 bridgehead atoms. The van der Waals surface area contributed by atoms with Crippen molar-refractivity contribution in [2.45, 2.75) is 126 Å². The van der Waals surface area contributed by atoms with Crippen LogP contribution in [0.2, 0.25) is 0 Å². The van der Waals surface area contributed by atoms with Gasteiger partial charge < -0.3 is 39.9 Å². The third-order valence-electron chi connectivity index (χ3n) is 10.7. The molecule has 2 aliphatic carbocycles. The van der Waals surface area contributed by atoms with Gasteiger partial charge in [-0.25, -0.2) is 29.9 Å². The summed E-state index contributed by atoms with van der Waals surface area (Å²) >= 11 is 0. The SMILES string of the molecule is CC1(C)O[C@H]2[C@H](n3cnc4c(N)ncnc43)OC3(CC(N=[N+]=[N-])C3)[C@H]2O1.CC1CC2(C1)O[C@@H](n1cnc3c(N)ncnc31)[C@@H]1OC(C)(C)O[C@@H]12. The number of hydrogen-bond acceptors (Lipinski definition) is 15. The lowest BCUT2D eigenvalue weighted by atomic mass is 9.69. The first kappa shape index (κ1) is 31.7. The molecule has 0 unspecified atom stereocenters. The van der Waals surface area contributed by atoms with Gasteiger partial charge in [-0.2, -0.15) is 0 Å². The Hall–Kier alpha value is -4.23. The first-order valence-corrected chi connectivity index (χ1v) is 16.8. The second-order valence-electron chi connectivity index (χ2n) is 15.1. The smallest absolute Gasteiger partial charge is 0.167 e. The van der Waals surface area contributed by atoms with Crippen LogP contribution in [0.1, 0.15) is 72.8 Å². The summed E-state index contributed by atoms with van der Waals surface area (Å²) in [6.07, 6.45) is 7.67. The van der Waals surface area contributed by atoms with Crippen molar-refractivity contribution >= 4 is 34.0 Å². The quantitative estimate of drug-likeness (QED) is 0.178. The molecule has 4 N–H and O–H groups in total. The average Bonchev–Trinajstić information content (AvgIpc) is 3.85. The molecular formula is C31H39N13O6. The fourth-order valence-corrected chi connectivity index (χ4v) is 8.77. The molecule has 10 rings (SSSR count). The van der Waals surface area contributed by atoms with Crippen molar-refractivity contribution in [3.05, 3.63) is 35.8 Å². The van der Waals surface area contributed by atoms with Crippen LogP contribution in [0.4, 0.5) is 11.6 Å². The molecule has 6 atom stereocenters. The van der Waals surface area contributed by atoms with Crippen LogP contribution >= 0.6 is 0 Å². The number of hydrogen-bond donors (Lipinski definition) is 2. The number of rotatable bonds is 3. The Labute approximate surface area is 285 Å². The van der Waals surface area contributed by atoms with E-state index in [1.54, 1.807) is 12.7 Å². The van der Waals surface area contributed by atoms with E-state index in [0.29, 0.717) is 52.7 Å². The van der Waals surface area contributed by atoms with Crippen LogP contribution in [0.5, 0.6) is 0 Å². The average molecular weight is 690 g/mol. The monoisotopic (exact) mass is 689 g/mol. The van der Waals surface area contributed by atoms with E-state index in [9.17, 15) is 0 Å². The van der Waals surface area contributed by atoms with E-state index in [-0.39, 0.29) is 42.3 Å². The Bertz CT molecular complexity index is 2030. The van der Waals surface area contributed by atoms with Gasteiger partial charge in [0.05, 0.1) is 12.7 Å². The summed E-state index contributed by atoms with van der Waals surface area (Å²) < 4.78 is 41.3. The molecule has 4 aromatic rings. The highest BCUT2D eigenvalue weighted by atomic mass is 16.8. The molecule has 264 valence electrons. The molecule has 50 heavy (non-hydrogen) atoms. The zero-order valence-electron chi connectivity index (χ0n) is 28.3. The van der Waals surface area contributed by atoms with Crippen LogP contribution in [0.15, 0.2) is 30.4 Å². The van der Waals surface area contributed by atoms with E-state index < -0.39 is 23.4 Å². The molecule has 4 aliphatic heterocycles. The molecular weight excluding hydrogens is 650 g/mol. The molecule has 2 saturated carbocycles. The van der Waals surface area contributed by atoms with Crippen LogP contribution in [0.3, 0.4) is 0 Å². The Kier molecular flexibility index (Phi) is 6.75. The number of fused-ring (bicyclic) bond motifs is 6. The Morgan fingerprint density at radius 2 is 1.16 bits per heavy atom. The molecule has 2 spiro atoms. The number of ether oxygens (including phenoxy) is 6. The molecule has 6 fully saturated rings. The standard InChI is InChI=1S/C16H21N5O3.C15H18N8O3/c1-8-4-16(5-8)11-10(22-15(2,3)23-11)14(24-16)21-7-20-9-12(17)18-6-19-13(9)21;1-14(2)24-9-10(25-14)15(3-7(4-15)21-22-17)26-13(9)23-6-20-8-11(16)18-5-19-12(8)23/h6-8,10-11,14H,4-5H2,1-3H3,(H2,17,18,19);5-7,9-10,13H,3-4H2,1-2H3,(H2,16,18,19)/t8?,10-,11+,14-,16?;7?,9-,10+,13-,15?/m11/s1. The lowest BCUT2D eigenvalue weighted by Gasteiger charge is -2.46. The molecule has 0 amide bonds. The second-order valence-corrected chi connectivity index (χ2v) is 15.1. The number of nitrogens with zero attached hydrogens (tertiary/aromatic N) is 11. The predicted octanol–water partition coefficient (Wildman–Crippen LogP) is 3.30. The number of azide groups is 1. The van der Waals surface area contributed by atoms with Crippen molar-refractivity contribution in [1.82, 2.24) is 39.0 Å². The van der Waals surface area contributed by atoms with E-state index in [1.807, 2.05) is 36.8 Å². The van der Waals surface area contributed by atoms with Crippen LogP contribution in [-0.2, 0) is 28.4 Å². The highest BCUT2D eigenvalue weighted by Gasteiger charge is 2.68. The lowest BCUT2D eigenvalue weighted by Crippen LogP contribution is -2.55. The van der Waals surface area contributed by atoms with E-state index in [4.69, 9.17) is 45.4 Å². The van der Waals surface area contributed by atoms with Gasteiger partial charge in [0.1, 0.15) is 59.3 Å². The maximum Gasteiger partial charge on any atom is 0.167 e. The van der Waals surface area contributed by atoms with Crippen LogP contribution in [0, 0.1) is 5.92 Å². The van der Waals surface area contributed by atoms with Gasteiger partial charge in [-0.3, -0.25) is 9.13 Å². The minimum absolute atomic E-state index is 0.0784. The maximum atomic E-state index is 8.67. The van der Waals surface area contributed by atoms with Crippen LogP contribution in [-0.4, -0.2) is 92.3 Å². The molecule has 0 aromatic carbocycles. The number of nitrogen functional groups attached to an aromatic ring is 2. The zero-order valence-corrected chi connectivity index (χ0v) is 28.3. The highest BCUT2D eigenvalue weighted by Crippen LogP contribution is 2.58. The maximum absolute atomic E-state index is 8.67. The van der Waals surface area contributed by atoms with Crippen molar-refractivity contribution in [2.75, 3.05) is 11.5 Å². The van der Waals surface area contributed by atoms with Crippen molar-refractivity contribution in [3.63, 3.8) is 0 Å². The van der Waals surface area contributed by atoms with Gasteiger partial charge in [-0.1, -0.05) is 12.0 Å². The van der Waals surface area contributed by atoms with Gasteiger partial charge in [0.25, 0.3) is 0 Å². The highest BCUT2D eigenvalue weighted by molar-refractivity contribution is 5.81. The summed E-state index contributed by atoms with van der Waals surface area (Å²) in [6, 6.07) is -0.0933.